The molecule has 0 atom stereocenters. The summed E-state index contributed by atoms with van der Waals surface area (Å²) in [6, 6.07) is 19.9. The molecule has 3 aromatic carbocycles. The molecule has 38 heavy (non-hydrogen) atoms. The number of benzene rings is 3. The highest BCUT2D eigenvalue weighted by Gasteiger charge is 2.30. The first-order valence-electron chi connectivity index (χ1n) is 10.9. The van der Waals surface area contributed by atoms with Gasteiger partial charge in [0.2, 0.25) is 15.8 Å². The molecule has 0 radical (unpaired) electrons. The van der Waals surface area contributed by atoms with Gasteiger partial charge in [-0.3, -0.25) is 14.9 Å². The molecule has 0 saturated carbocycles. The fraction of sp³-hybridized carbons (Fsp3) is 0.0385. The zero-order chi connectivity index (χ0) is 27.4. The smallest absolute Gasteiger partial charge is 0.382 e. The molecule has 0 bridgehead atoms. The number of amides is 1. The highest BCUT2D eigenvalue weighted by molar-refractivity contribution is 7.92. The van der Waals surface area contributed by atoms with Crippen LogP contribution in [0.15, 0.2) is 83.5 Å². The summed E-state index contributed by atoms with van der Waals surface area (Å²) in [5.41, 5.74) is 2.27. The maximum atomic E-state index is 13.2. The molecule has 12 heteroatoms. The van der Waals surface area contributed by atoms with E-state index in [2.05, 4.69) is 0 Å². The average molecular weight is 536 g/mol. The van der Waals surface area contributed by atoms with Crippen molar-refractivity contribution in [3.05, 3.63) is 95.9 Å². The van der Waals surface area contributed by atoms with Crippen LogP contribution in [0.4, 0.5) is 5.69 Å². The summed E-state index contributed by atoms with van der Waals surface area (Å²) < 4.78 is 36.1. The van der Waals surface area contributed by atoms with Gasteiger partial charge in [-0.1, -0.05) is 60.7 Å². The van der Waals surface area contributed by atoms with Crippen molar-refractivity contribution in [2.75, 3.05) is 11.0 Å². The predicted octanol–water partition coefficient (Wildman–Crippen LogP) is 3.29. The number of phenolic OH excluding ortho intramolecular Hbond substituents is 1. The third-order valence-electron chi connectivity index (χ3n) is 5.36. The van der Waals surface area contributed by atoms with Gasteiger partial charge in [-0.25, -0.2) is 23.8 Å². The van der Waals surface area contributed by atoms with Gasteiger partial charge in [0, 0.05) is 11.1 Å². The van der Waals surface area contributed by atoms with Gasteiger partial charge in [0.15, 0.2) is 0 Å². The molecule has 0 saturated heterocycles. The van der Waals surface area contributed by atoms with Crippen LogP contribution in [0.2, 0.25) is 0 Å². The second-order valence-electron chi connectivity index (χ2n) is 7.99. The zero-order valence-corrected chi connectivity index (χ0v) is 20.6. The molecule has 1 heterocycles. The number of esters is 2. The quantitative estimate of drug-likeness (QED) is 0.0690. The molecule has 0 unspecified atom stereocenters. The van der Waals surface area contributed by atoms with Crippen LogP contribution in [0, 0.1) is 0 Å². The van der Waals surface area contributed by atoms with Crippen molar-refractivity contribution in [3.8, 4) is 28.0 Å². The number of furan rings is 1. The average Bonchev–Trinajstić information content (AvgIpc) is 3.35. The molecule has 0 aliphatic heterocycles. The third kappa shape index (κ3) is 5.40. The van der Waals surface area contributed by atoms with Gasteiger partial charge in [0.25, 0.3) is 5.91 Å². The van der Waals surface area contributed by atoms with Gasteiger partial charge in [-0.15, -0.1) is 0 Å². The summed E-state index contributed by atoms with van der Waals surface area (Å²) >= 11 is 0. The second-order valence-corrected chi connectivity index (χ2v) is 9.74. The van der Waals surface area contributed by atoms with Crippen LogP contribution >= 0.6 is 0 Å². The fourth-order valence-electron chi connectivity index (χ4n) is 3.77. The first-order valence-corrected chi connectivity index (χ1v) is 12.8. The van der Waals surface area contributed by atoms with Gasteiger partial charge in [0.1, 0.15) is 17.7 Å². The predicted molar refractivity (Wildman–Crippen MR) is 138 cm³/mol. The van der Waals surface area contributed by atoms with E-state index in [1.54, 1.807) is 35.8 Å². The van der Waals surface area contributed by atoms with Crippen molar-refractivity contribution < 1.29 is 37.1 Å². The normalized spacial score (nSPS) is 11.0. The van der Waals surface area contributed by atoms with Crippen LogP contribution in [0.5, 0.6) is 5.75 Å². The molecule has 1 aromatic heterocycles. The summed E-state index contributed by atoms with van der Waals surface area (Å²) in [5.74, 6) is 0.649. The van der Waals surface area contributed by atoms with Gasteiger partial charge in [-0.05, 0) is 23.3 Å². The Labute approximate surface area is 216 Å². The summed E-state index contributed by atoms with van der Waals surface area (Å²) in [6.45, 7) is 0. The zero-order valence-electron chi connectivity index (χ0n) is 19.8. The van der Waals surface area contributed by atoms with E-state index in [-0.39, 0.29) is 5.76 Å². The number of ether oxygens (including phenoxy) is 1. The Hall–Kier alpha value is -4.94. The summed E-state index contributed by atoms with van der Waals surface area (Å²) in [7, 11) is -4.00. The number of carbonyl (C=O) groups is 3. The van der Waals surface area contributed by atoms with Crippen molar-refractivity contribution in [2.45, 2.75) is 0 Å². The number of rotatable bonds is 7. The molecule has 4 rings (SSSR count). The SMILES string of the molecule is CS(=O)(=O)Nc1c(O)ccc(C(=O)OC(=O)c2occ(-c3ccccc3)c2-c2ccccc2)c1C(=O)NN. The lowest BCUT2D eigenvalue weighted by Gasteiger charge is -2.15. The van der Waals surface area contributed by atoms with Crippen molar-refractivity contribution in [1.29, 1.82) is 0 Å². The van der Waals surface area contributed by atoms with E-state index in [1.165, 1.54) is 6.26 Å². The number of sulfonamides is 1. The molecule has 11 nitrogen and oxygen atoms in total. The van der Waals surface area contributed by atoms with Gasteiger partial charge < -0.3 is 14.3 Å². The van der Waals surface area contributed by atoms with Crippen LogP contribution < -0.4 is 16.0 Å². The molecule has 0 spiro atoms. The van der Waals surface area contributed by atoms with E-state index in [4.69, 9.17) is 15.0 Å². The maximum absolute atomic E-state index is 13.2. The lowest BCUT2D eigenvalue weighted by Crippen LogP contribution is -2.33. The van der Waals surface area contributed by atoms with Crippen LogP contribution in [0.25, 0.3) is 22.3 Å². The van der Waals surface area contributed by atoms with E-state index in [9.17, 15) is 27.9 Å². The van der Waals surface area contributed by atoms with Gasteiger partial charge in [-0.2, -0.15) is 0 Å². The van der Waals surface area contributed by atoms with Crippen LogP contribution in [0.3, 0.4) is 0 Å². The highest BCUT2D eigenvalue weighted by Crippen LogP contribution is 2.37. The molecule has 0 aliphatic carbocycles. The Bertz CT molecular complexity index is 1630. The van der Waals surface area contributed by atoms with Gasteiger partial charge in [0.05, 0.1) is 17.4 Å². The van der Waals surface area contributed by atoms with Crippen LogP contribution in [-0.2, 0) is 14.8 Å². The third-order valence-corrected chi connectivity index (χ3v) is 5.93. The molecular weight excluding hydrogens is 514 g/mol. The molecule has 194 valence electrons. The second kappa shape index (κ2) is 10.6. The Morgan fingerprint density at radius 3 is 2.08 bits per heavy atom. The minimum absolute atomic E-state index is 0.276. The van der Waals surface area contributed by atoms with E-state index in [0.717, 1.165) is 24.0 Å². The minimum Gasteiger partial charge on any atom is -0.506 e. The number of carbonyl (C=O) groups excluding carboxylic acids is 3. The lowest BCUT2D eigenvalue weighted by molar-refractivity contribution is 0.0374. The number of anilines is 1. The number of nitrogens with two attached hydrogens (primary N) is 1. The number of hydrogen-bond donors (Lipinski definition) is 4. The van der Waals surface area contributed by atoms with E-state index in [0.29, 0.717) is 16.7 Å². The lowest BCUT2D eigenvalue weighted by atomic mass is 9.97. The number of phenols is 1. The van der Waals surface area contributed by atoms with Crippen molar-refractivity contribution in [2.24, 2.45) is 5.84 Å². The highest BCUT2D eigenvalue weighted by atomic mass is 32.2. The Balaban J connectivity index is 1.77. The Morgan fingerprint density at radius 1 is 0.895 bits per heavy atom. The number of aromatic hydroxyl groups is 1. The summed E-state index contributed by atoms with van der Waals surface area (Å²) in [4.78, 5) is 38.7. The van der Waals surface area contributed by atoms with E-state index in [1.807, 2.05) is 35.1 Å². The first-order chi connectivity index (χ1) is 18.1. The van der Waals surface area contributed by atoms with Gasteiger partial charge >= 0.3 is 11.9 Å². The molecular formula is C26H21N3O8S. The number of nitrogen functional groups attached to an aromatic ring is 1. The summed E-state index contributed by atoms with van der Waals surface area (Å²) in [6.07, 6.45) is 2.14. The number of hydrazine groups is 1. The van der Waals surface area contributed by atoms with Crippen molar-refractivity contribution >= 4 is 33.6 Å². The molecule has 5 N–H and O–H groups in total. The van der Waals surface area contributed by atoms with E-state index >= 15 is 0 Å². The molecule has 0 fully saturated rings. The Morgan fingerprint density at radius 2 is 1.50 bits per heavy atom. The Kier molecular flexibility index (Phi) is 7.28. The number of hydrogen-bond acceptors (Lipinski definition) is 9. The largest absolute Gasteiger partial charge is 0.506 e. The first kappa shape index (κ1) is 26.1. The molecule has 1 amide bonds. The standard InChI is InChI=1S/C26H21N3O8S/c1-38(34,35)29-22-19(30)13-12-17(21(22)24(31)28-27)25(32)37-26(33)23-20(16-10-6-3-7-11-16)18(14-36-23)15-8-4-2-5-9-15/h2-14,29-30H,27H2,1H3,(H,28,31). The molecule has 4 aromatic rings. The minimum atomic E-state index is -4.00. The van der Waals surface area contributed by atoms with E-state index < -0.39 is 50.4 Å². The monoisotopic (exact) mass is 535 g/mol. The molecule has 0 aliphatic rings. The van der Waals surface area contributed by atoms with Crippen LogP contribution in [-0.4, -0.2) is 37.6 Å². The van der Waals surface area contributed by atoms with Crippen molar-refractivity contribution in [3.63, 3.8) is 0 Å². The maximum Gasteiger partial charge on any atom is 0.382 e. The fourth-order valence-corrected chi connectivity index (χ4v) is 4.35. The van der Waals surface area contributed by atoms with Crippen molar-refractivity contribution in [1.82, 2.24) is 5.43 Å². The topological polar surface area (TPSA) is 178 Å². The summed E-state index contributed by atoms with van der Waals surface area (Å²) in [5, 5.41) is 10.2. The number of nitrogens with one attached hydrogen (secondary N) is 2. The van der Waals surface area contributed by atoms with Crippen LogP contribution in [0.1, 0.15) is 31.3 Å².